The Kier molecular flexibility index (Phi) is 5.74. The lowest BCUT2D eigenvalue weighted by Crippen LogP contribution is -2.67. The monoisotopic (exact) mass is 424 g/mol. The van der Waals surface area contributed by atoms with Crippen LogP contribution in [0.3, 0.4) is 0 Å². The smallest absolute Gasteiger partial charge is 0.373 e. The number of hydrogen-bond donors (Lipinski definition) is 2. The standard InChI is InChI=1S/C22H32O8/c1-12-5-7-16-13(2)19(27-11-14-6-8-17(28-14)18(23)26-4)29-20-22(16,25)15(12)9-10-21(3,24)30-20/h6,8,12-13,15-16,19-20,24-25H,5,7,9-11H2,1-4H3/t12-,13-,15?,16?,19?,20?,21-,22?/m1/s1. The van der Waals surface area contributed by atoms with Gasteiger partial charge in [0.05, 0.1) is 7.11 Å². The Labute approximate surface area is 176 Å². The minimum absolute atomic E-state index is 0.00804. The van der Waals surface area contributed by atoms with Gasteiger partial charge < -0.3 is 33.6 Å². The molecule has 0 spiro atoms. The minimum atomic E-state index is -1.37. The van der Waals surface area contributed by atoms with Crippen molar-refractivity contribution in [3.63, 3.8) is 0 Å². The highest BCUT2D eigenvalue weighted by molar-refractivity contribution is 5.86. The van der Waals surface area contributed by atoms with Gasteiger partial charge in [0.2, 0.25) is 5.76 Å². The van der Waals surface area contributed by atoms with Crippen molar-refractivity contribution in [2.24, 2.45) is 23.7 Å². The van der Waals surface area contributed by atoms with E-state index in [0.717, 1.165) is 12.8 Å². The van der Waals surface area contributed by atoms with Crippen molar-refractivity contribution in [2.45, 2.75) is 77.0 Å². The third-order valence-corrected chi connectivity index (χ3v) is 7.23. The Morgan fingerprint density at radius 1 is 1.20 bits per heavy atom. The molecule has 1 aromatic rings. The van der Waals surface area contributed by atoms with E-state index in [9.17, 15) is 15.0 Å². The average molecular weight is 424 g/mol. The Bertz CT molecular complexity index is 773. The van der Waals surface area contributed by atoms with Gasteiger partial charge in [-0.1, -0.05) is 13.8 Å². The van der Waals surface area contributed by atoms with E-state index in [4.69, 9.17) is 18.6 Å². The van der Waals surface area contributed by atoms with Crippen LogP contribution in [0.4, 0.5) is 0 Å². The van der Waals surface area contributed by atoms with Gasteiger partial charge in [-0.15, -0.1) is 0 Å². The highest BCUT2D eigenvalue weighted by Gasteiger charge is 2.63. The van der Waals surface area contributed by atoms with E-state index in [1.165, 1.54) is 13.2 Å². The highest BCUT2D eigenvalue weighted by atomic mass is 16.8. The summed E-state index contributed by atoms with van der Waals surface area (Å²) in [7, 11) is 1.29. The molecule has 3 fully saturated rings. The van der Waals surface area contributed by atoms with Crippen molar-refractivity contribution >= 4 is 5.97 Å². The molecule has 168 valence electrons. The van der Waals surface area contributed by atoms with Crippen LogP contribution in [0.15, 0.2) is 16.5 Å². The summed E-state index contributed by atoms with van der Waals surface area (Å²) in [4.78, 5) is 11.6. The van der Waals surface area contributed by atoms with Crippen LogP contribution < -0.4 is 0 Å². The van der Waals surface area contributed by atoms with E-state index >= 15 is 0 Å². The highest BCUT2D eigenvalue weighted by Crippen LogP contribution is 2.55. The van der Waals surface area contributed by atoms with Crippen molar-refractivity contribution in [1.29, 1.82) is 0 Å². The molecular weight excluding hydrogens is 392 g/mol. The fourth-order valence-corrected chi connectivity index (χ4v) is 5.56. The molecule has 8 atom stereocenters. The summed E-state index contributed by atoms with van der Waals surface area (Å²) >= 11 is 0. The molecule has 30 heavy (non-hydrogen) atoms. The second kappa shape index (κ2) is 7.91. The molecule has 2 aliphatic heterocycles. The van der Waals surface area contributed by atoms with E-state index in [-0.39, 0.29) is 30.1 Å². The number of esters is 1. The number of carbonyl (C=O) groups is 1. The molecule has 2 saturated heterocycles. The third kappa shape index (κ3) is 3.69. The topological polar surface area (TPSA) is 108 Å². The molecular formula is C22H32O8. The summed E-state index contributed by atoms with van der Waals surface area (Å²) in [5.74, 6) is -1.19. The molecule has 8 nitrogen and oxygen atoms in total. The fraction of sp³-hybridized carbons (Fsp3) is 0.773. The summed E-state index contributed by atoms with van der Waals surface area (Å²) in [6.45, 7) is 5.88. The zero-order chi connectivity index (χ0) is 21.7. The van der Waals surface area contributed by atoms with Crippen LogP contribution in [-0.4, -0.2) is 47.3 Å². The first kappa shape index (κ1) is 21.8. The molecule has 5 unspecified atom stereocenters. The lowest BCUT2D eigenvalue weighted by Gasteiger charge is -2.57. The molecule has 3 heterocycles. The second-order valence-corrected chi connectivity index (χ2v) is 9.25. The van der Waals surface area contributed by atoms with Gasteiger partial charge in [0.15, 0.2) is 18.4 Å². The summed E-state index contributed by atoms with van der Waals surface area (Å²) in [6.07, 6.45) is 1.35. The largest absolute Gasteiger partial charge is 0.463 e. The molecule has 0 bridgehead atoms. The molecule has 0 amide bonds. The first-order valence-corrected chi connectivity index (χ1v) is 10.7. The van der Waals surface area contributed by atoms with Gasteiger partial charge in [0.1, 0.15) is 18.0 Å². The summed E-state index contributed by atoms with van der Waals surface area (Å²) < 4.78 is 28.1. The Morgan fingerprint density at radius 2 is 1.97 bits per heavy atom. The second-order valence-electron chi connectivity index (χ2n) is 9.25. The number of aliphatic hydroxyl groups is 2. The SMILES string of the molecule is COC(=O)c1ccc(COC2OC3O[C@@](C)(O)CCC4[C@H](C)CCC([C@H]2C)C34O)o1. The first-order valence-electron chi connectivity index (χ1n) is 10.7. The molecule has 3 aliphatic rings. The zero-order valence-corrected chi connectivity index (χ0v) is 18.0. The number of furan rings is 1. The van der Waals surface area contributed by atoms with Crippen LogP contribution in [0.2, 0.25) is 0 Å². The van der Waals surface area contributed by atoms with Crippen molar-refractivity contribution in [3.05, 3.63) is 23.7 Å². The van der Waals surface area contributed by atoms with E-state index in [2.05, 4.69) is 11.7 Å². The van der Waals surface area contributed by atoms with Gasteiger partial charge in [-0.2, -0.15) is 0 Å². The van der Waals surface area contributed by atoms with Crippen LogP contribution >= 0.6 is 0 Å². The van der Waals surface area contributed by atoms with Crippen molar-refractivity contribution < 1.29 is 38.4 Å². The predicted octanol–water partition coefficient (Wildman–Crippen LogP) is 2.81. The first-order chi connectivity index (χ1) is 14.2. The molecule has 4 rings (SSSR count). The predicted molar refractivity (Wildman–Crippen MR) is 104 cm³/mol. The molecule has 0 radical (unpaired) electrons. The lowest BCUT2D eigenvalue weighted by molar-refractivity contribution is -0.409. The van der Waals surface area contributed by atoms with Crippen molar-refractivity contribution in [2.75, 3.05) is 7.11 Å². The average Bonchev–Trinajstić information content (AvgIpc) is 3.13. The molecule has 0 aromatic carbocycles. The van der Waals surface area contributed by atoms with E-state index in [0.29, 0.717) is 24.5 Å². The number of hydrogen-bond acceptors (Lipinski definition) is 8. The summed E-state index contributed by atoms with van der Waals surface area (Å²) in [6, 6.07) is 3.19. The van der Waals surface area contributed by atoms with Gasteiger partial charge in [-0.05, 0) is 50.2 Å². The summed E-state index contributed by atoms with van der Waals surface area (Å²) in [5, 5.41) is 22.5. The lowest BCUT2D eigenvalue weighted by atomic mass is 9.58. The van der Waals surface area contributed by atoms with Crippen LogP contribution in [-0.2, 0) is 25.6 Å². The van der Waals surface area contributed by atoms with Crippen molar-refractivity contribution in [1.82, 2.24) is 0 Å². The van der Waals surface area contributed by atoms with Gasteiger partial charge in [-0.3, -0.25) is 0 Å². The Hall–Kier alpha value is -1.45. The third-order valence-electron chi connectivity index (χ3n) is 7.23. The van der Waals surface area contributed by atoms with E-state index in [1.54, 1.807) is 13.0 Å². The van der Waals surface area contributed by atoms with Gasteiger partial charge in [-0.25, -0.2) is 4.79 Å². The maximum atomic E-state index is 11.8. The Morgan fingerprint density at radius 3 is 2.70 bits per heavy atom. The quantitative estimate of drug-likeness (QED) is 0.711. The zero-order valence-electron chi connectivity index (χ0n) is 18.0. The van der Waals surface area contributed by atoms with Crippen molar-refractivity contribution in [3.8, 4) is 0 Å². The molecule has 1 aliphatic carbocycles. The van der Waals surface area contributed by atoms with E-state index < -0.39 is 29.9 Å². The Balaban J connectivity index is 1.53. The number of ether oxygens (including phenoxy) is 4. The summed E-state index contributed by atoms with van der Waals surface area (Å²) in [5.41, 5.74) is -1.17. The maximum absolute atomic E-state index is 11.8. The molecule has 1 aromatic heterocycles. The molecule has 8 heteroatoms. The van der Waals surface area contributed by atoms with Crippen LogP contribution in [0.1, 0.15) is 62.8 Å². The van der Waals surface area contributed by atoms with Gasteiger partial charge in [0.25, 0.3) is 0 Å². The van der Waals surface area contributed by atoms with E-state index in [1.807, 2.05) is 6.92 Å². The maximum Gasteiger partial charge on any atom is 0.373 e. The number of carbonyl (C=O) groups excluding carboxylic acids is 1. The fourth-order valence-electron chi connectivity index (χ4n) is 5.56. The van der Waals surface area contributed by atoms with Gasteiger partial charge in [0, 0.05) is 18.3 Å². The molecule has 2 N–H and O–H groups in total. The molecule has 1 saturated carbocycles. The van der Waals surface area contributed by atoms with Crippen LogP contribution in [0.5, 0.6) is 0 Å². The van der Waals surface area contributed by atoms with Crippen LogP contribution in [0.25, 0.3) is 0 Å². The number of rotatable bonds is 4. The normalized spacial score (nSPS) is 43.5. The van der Waals surface area contributed by atoms with Crippen LogP contribution in [0, 0.1) is 23.7 Å². The number of methoxy groups -OCH3 is 1. The van der Waals surface area contributed by atoms with Gasteiger partial charge >= 0.3 is 5.97 Å². The minimum Gasteiger partial charge on any atom is -0.463 e.